The number of ether oxygens (including phenoxy) is 1. The molecule has 0 aliphatic heterocycles. The summed E-state index contributed by atoms with van der Waals surface area (Å²) in [5, 5.41) is 3.43. The Balaban J connectivity index is 0.00000225. The van der Waals surface area contributed by atoms with E-state index >= 15 is 0 Å². The van der Waals surface area contributed by atoms with Crippen molar-refractivity contribution in [2.24, 2.45) is 11.7 Å². The van der Waals surface area contributed by atoms with Crippen LogP contribution in [0.4, 0.5) is 5.95 Å². The van der Waals surface area contributed by atoms with Crippen LogP contribution in [-0.2, 0) is 11.2 Å². The Morgan fingerprint density at radius 2 is 1.92 bits per heavy atom. The van der Waals surface area contributed by atoms with Gasteiger partial charge in [-0.25, -0.2) is 9.97 Å². The molecule has 0 radical (unpaired) electrons. The van der Waals surface area contributed by atoms with Gasteiger partial charge in [0.1, 0.15) is 0 Å². The lowest BCUT2D eigenvalue weighted by Crippen LogP contribution is -2.30. The van der Waals surface area contributed by atoms with Gasteiger partial charge in [0.25, 0.3) is 5.91 Å². The Kier molecular flexibility index (Phi) is 7.13. The molecular weight excluding hydrogens is 320 g/mol. The van der Waals surface area contributed by atoms with Crippen LogP contribution in [0, 0.1) is 5.92 Å². The topological polar surface area (TPSA) is 122 Å². The fourth-order valence-electron chi connectivity index (χ4n) is 3.96. The van der Waals surface area contributed by atoms with E-state index in [0.717, 1.165) is 37.8 Å². The number of nitrogens with one attached hydrogen (secondary N) is 1. The number of methoxy groups -OCH3 is 1. The fraction of sp³-hybridized carbons (Fsp3) is 0.722. The van der Waals surface area contributed by atoms with Gasteiger partial charge in [0.15, 0.2) is 0 Å². The van der Waals surface area contributed by atoms with E-state index in [1.165, 1.54) is 25.7 Å². The van der Waals surface area contributed by atoms with Crippen molar-refractivity contribution in [1.29, 1.82) is 0 Å². The zero-order chi connectivity index (χ0) is 16.9. The number of anilines is 1. The van der Waals surface area contributed by atoms with Gasteiger partial charge in [-0.2, -0.15) is 0 Å². The van der Waals surface area contributed by atoms with Crippen LogP contribution in [0.25, 0.3) is 0 Å². The van der Waals surface area contributed by atoms with Gasteiger partial charge in [-0.05, 0) is 38.0 Å². The lowest BCUT2D eigenvalue weighted by molar-refractivity contribution is 0.0681. The molecule has 3 rings (SSSR count). The third-order valence-electron chi connectivity index (χ3n) is 5.43. The molecule has 1 amide bonds. The van der Waals surface area contributed by atoms with E-state index in [-0.39, 0.29) is 5.48 Å². The highest BCUT2D eigenvalue weighted by Gasteiger charge is 2.23. The first kappa shape index (κ1) is 19.6. The van der Waals surface area contributed by atoms with E-state index in [4.69, 9.17) is 10.5 Å². The molecule has 2 aliphatic carbocycles. The third-order valence-corrected chi connectivity index (χ3v) is 5.43. The molecule has 1 aromatic rings. The number of rotatable bonds is 6. The summed E-state index contributed by atoms with van der Waals surface area (Å²) in [6.07, 6.45) is 12.0. The molecule has 7 nitrogen and oxygen atoms in total. The second kappa shape index (κ2) is 9.10. The molecule has 2 aliphatic rings. The first-order chi connectivity index (χ1) is 11.7. The summed E-state index contributed by atoms with van der Waals surface area (Å²) in [5.41, 5.74) is 6.77. The second-order valence-corrected chi connectivity index (χ2v) is 7.13. The van der Waals surface area contributed by atoms with E-state index in [2.05, 4.69) is 15.3 Å². The number of hydrogen-bond acceptors (Lipinski definition) is 5. The molecule has 0 spiro atoms. The predicted molar refractivity (Wildman–Crippen MR) is 96.5 cm³/mol. The van der Waals surface area contributed by atoms with E-state index in [0.29, 0.717) is 29.6 Å². The molecule has 0 saturated heterocycles. The number of carbonyl (C=O) groups excluding carboxylic acids is 1. The average molecular weight is 350 g/mol. The van der Waals surface area contributed by atoms with Gasteiger partial charge in [-0.15, -0.1) is 0 Å². The van der Waals surface area contributed by atoms with Gasteiger partial charge >= 0.3 is 0 Å². The Bertz CT molecular complexity index is 567. The largest absolute Gasteiger partial charge is 0.412 e. The van der Waals surface area contributed by atoms with Crippen molar-refractivity contribution in [3.8, 4) is 0 Å². The summed E-state index contributed by atoms with van der Waals surface area (Å²) in [6, 6.07) is 0.371. The van der Waals surface area contributed by atoms with Crippen LogP contribution in [0.5, 0.6) is 0 Å². The van der Waals surface area contributed by atoms with Crippen LogP contribution in [0.2, 0.25) is 0 Å². The zero-order valence-corrected chi connectivity index (χ0v) is 15.0. The van der Waals surface area contributed by atoms with Crippen LogP contribution >= 0.6 is 0 Å². The maximum absolute atomic E-state index is 11.7. The highest BCUT2D eigenvalue weighted by atomic mass is 16.5. The van der Waals surface area contributed by atoms with E-state index in [1.54, 1.807) is 13.3 Å². The highest BCUT2D eigenvalue weighted by Crippen LogP contribution is 2.29. The van der Waals surface area contributed by atoms with Crippen molar-refractivity contribution in [2.45, 2.75) is 69.9 Å². The van der Waals surface area contributed by atoms with Crippen LogP contribution in [0.3, 0.4) is 0 Å². The van der Waals surface area contributed by atoms with Crippen molar-refractivity contribution in [3.05, 3.63) is 17.5 Å². The molecule has 25 heavy (non-hydrogen) atoms. The number of primary amides is 1. The number of aromatic nitrogens is 2. The third kappa shape index (κ3) is 5.12. The van der Waals surface area contributed by atoms with E-state index in [1.807, 2.05) is 0 Å². The van der Waals surface area contributed by atoms with Crippen LogP contribution in [-0.4, -0.2) is 40.6 Å². The van der Waals surface area contributed by atoms with Gasteiger partial charge in [-0.1, -0.05) is 25.7 Å². The molecular formula is C18H30N4O3. The SMILES string of the molecule is COC1CCC(Nc2ncc(C(N)=O)c(CC3CCCC3)n2)CC1.O. The smallest absolute Gasteiger partial charge is 0.252 e. The highest BCUT2D eigenvalue weighted by molar-refractivity contribution is 5.93. The first-order valence-electron chi connectivity index (χ1n) is 9.10. The molecule has 0 atom stereocenters. The predicted octanol–water partition coefficient (Wildman–Crippen LogP) is 1.85. The molecule has 2 fully saturated rings. The number of carbonyl (C=O) groups is 1. The molecule has 2 saturated carbocycles. The lowest BCUT2D eigenvalue weighted by atomic mass is 9.93. The van der Waals surface area contributed by atoms with E-state index < -0.39 is 5.91 Å². The molecule has 1 aromatic heterocycles. The second-order valence-electron chi connectivity index (χ2n) is 7.13. The van der Waals surface area contributed by atoms with E-state index in [9.17, 15) is 4.79 Å². The minimum Gasteiger partial charge on any atom is -0.412 e. The maximum atomic E-state index is 11.7. The van der Waals surface area contributed by atoms with Crippen LogP contribution < -0.4 is 11.1 Å². The lowest BCUT2D eigenvalue weighted by Gasteiger charge is -2.28. The summed E-state index contributed by atoms with van der Waals surface area (Å²) >= 11 is 0. The van der Waals surface area contributed by atoms with Gasteiger partial charge in [0.2, 0.25) is 5.95 Å². The maximum Gasteiger partial charge on any atom is 0.252 e. The molecule has 7 heteroatoms. The minimum absolute atomic E-state index is 0. The number of nitrogens with zero attached hydrogens (tertiary/aromatic N) is 2. The summed E-state index contributed by atoms with van der Waals surface area (Å²) in [6.45, 7) is 0. The Hall–Kier alpha value is -1.73. The summed E-state index contributed by atoms with van der Waals surface area (Å²) < 4.78 is 5.41. The number of hydrogen-bond donors (Lipinski definition) is 2. The van der Waals surface area contributed by atoms with Gasteiger partial charge in [0.05, 0.1) is 17.4 Å². The minimum atomic E-state index is -0.435. The van der Waals surface area contributed by atoms with Crippen molar-refractivity contribution in [2.75, 3.05) is 12.4 Å². The van der Waals surface area contributed by atoms with Crippen molar-refractivity contribution in [3.63, 3.8) is 0 Å². The summed E-state index contributed by atoms with van der Waals surface area (Å²) in [4.78, 5) is 20.6. The van der Waals surface area contributed by atoms with Crippen LogP contribution in [0.15, 0.2) is 6.20 Å². The Morgan fingerprint density at radius 1 is 1.24 bits per heavy atom. The van der Waals surface area contributed by atoms with Gasteiger partial charge in [-0.3, -0.25) is 4.79 Å². The first-order valence-corrected chi connectivity index (χ1v) is 9.10. The molecule has 5 N–H and O–H groups in total. The average Bonchev–Trinajstić information content (AvgIpc) is 3.08. The molecule has 0 unspecified atom stereocenters. The van der Waals surface area contributed by atoms with Crippen molar-refractivity contribution in [1.82, 2.24) is 9.97 Å². The van der Waals surface area contributed by atoms with Crippen molar-refractivity contribution < 1.29 is 15.0 Å². The van der Waals surface area contributed by atoms with Gasteiger partial charge in [0, 0.05) is 19.3 Å². The number of amides is 1. The van der Waals surface area contributed by atoms with Gasteiger partial charge < -0.3 is 21.3 Å². The van der Waals surface area contributed by atoms with Crippen LogP contribution in [0.1, 0.15) is 67.4 Å². The monoisotopic (exact) mass is 350 g/mol. The molecule has 140 valence electrons. The Labute approximate surface area is 149 Å². The standard InChI is InChI=1S/C18H28N4O2.H2O/c1-24-14-8-6-13(7-9-14)21-18-20-11-15(17(19)23)16(22-18)10-12-4-2-3-5-12;/h11-14H,2-10H2,1H3,(H2,19,23)(H,20,21,22);1H2. The molecule has 0 bridgehead atoms. The normalized spacial score (nSPS) is 23.9. The zero-order valence-electron chi connectivity index (χ0n) is 15.0. The molecule has 1 heterocycles. The summed E-state index contributed by atoms with van der Waals surface area (Å²) in [5.74, 6) is 0.798. The fourth-order valence-corrected chi connectivity index (χ4v) is 3.96. The summed E-state index contributed by atoms with van der Waals surface area (Å²) in [7, 11) is 1.78. The molecule has 0 aromatic carbocycles. The number of nitrogens with two attached hydrogens (primary N) is 1. The van der Waals surface area contributed by atoms with Crippen molar-refractivity contribution >= 4 is 11.9 Å². The quantitative estimate of drug-likeness (QED) is 0.811. The Morgan fingerprint density at radius 3 is 2.52 bits per heavy atom.